The van der Waals surface area contributed by atoms with Crippen molar-refractivity contribution in [2.75, 3.05) is 41.0 Å². The fraction of sp³-hybridized carbons (Fsp3) is 0.188. The summed E-state index contributed by atoms with van der Waals surface area (Å²) < 4.78 is 2.06. The summed E-state index contributed by atoms with van der Waals surface area (Å²) in [5, 5.41) is 9.43. The van der Waals surface area contributed by atoms with Crippen molar-refractivity contribution in [2.45, 2.75) is 26.6 Å². The second kappa shape index (κ2) is 22.9. The lowest BCUT2D eigenvalue weighted by atomic mass is 10.1. The van der Waals surface area contributed by atoms with Crippen LogP contribution in [-0.4, -0.2) is 36.3 Å². The Kier molecular flexibility index (Phi) is 17.1. The van der Waals surface area contributed by atoms with Crippen molar-refractivity contribution in [1.82, 2.24) is 0 Å². The second-order valence-corrected chi connectivity index (χ2v) is 15.6. The highest BCUT2D eigenvalue weighted by atomic mass is 33.1. The molecule has 0 atom stereocenters. The van der Waals surface area contributed by atoms with E-state index in [0.717, 1.165) is 48.9 Å². The van der Waals surface area contributed by atoms with E-state index in [4.69, 9.17) is 0 Å². The second-order valence-electron chi connectivity index (χ2n) is 12.9. The molecule has 0 aliphatic rings. The number of hydrogen-bond acceptors (Lipinski definition) is 5. The molecule has 0 bridgehead atoms. The summed E-state index contributed by atoms with van der Waals surface area (Å²) in [5.74, 6) is 2.05. The van der Waals surface area contributed by atoms with Crippen molar-refractivity contribution in [3.63, 3.8) is 0 Å². The Balaban J connectivity index is 1.17. The molecule has 0 aliphatic carbocycles. The quantitative estimate of drug-likeness (QED) is 0.0349. The van der Waals surface area contributed by atoms with Crippen LogP contribution in [0.3, 0.4) is 0 Å². The van der Waals surface area contributed by atoms with Crippen LogP contribution in [0.15, 0.2) is 176 Å². The van der Waals surface area contributed by atoms with Gasteiger partial charge in [0.1, 0.15) is 6.61 Å². The van der Waals surface area contributed by atoms with E-state index >= 15 is 0 Å². The standard InChI is InChI=1S/C48H52N3OS2/c1-3-4-7-14-41(2)20-21-42-23-28-47(29-24-42)50(39-44-15-8-5-9-16-44)34-37-53-54-38-35-51(40-45-17-10-6-11-18-45)48-30-25-43(26-31-48)22-27-46-19-12-13-32-49(46)33-36-52/h3-32,52H,1,33-40H2,2H3/q+1/b7-4-,21-20+,41-14+. The SMILES string of the molecule is C=C\C=C/C=C(C)/C=C/c1ccc(N(CCSSCCN(Cc2ccccc2)c2ccc(/C=C/c3cccc[n+]3CCO)cc2)Cc2ccccc2)cc1. The summed E-state index contributed by atoms with van der Waals surface area (Å²) in [7, 11) is 3.91. The molecule has 0 spiro atoms. The summed E-state index contributed by atoms with van der Waals surface area (Å²) in [6.45, 7) is 10.2. The average Bonchev–Trinajstić information content (AvgIpc) is 3.21. The summed E-state index contributed by atoms with van der Waals surface area (Å²) >= 11 is 0. The van der Waals surface area contributed by atoms with Crippen LogP contribution in [0.5, 0.6) is 0 Å². The van der Waals surface area contributed by atoms with Gasteiger partial charge in [0.05, 0.1) is 0 Å². The summed E-state index contributed by atoms with van der Waals surface area (Å²) in [6.07, 6.45) is 18.4. The van der Waals surface area contributed by atoms with Crippen LogP contribution in [-0.2, 0) is 19.6 Å². The number of allylic oxidation sites excluding steroid dienone is 6. The zero-order chi connectivity index (χ0) is 37.6. The van der Waals surface area contributed by atoms with Crippen LogP contribution in [0.1, 0.15) is 34.9 Å². The minimum Gasteiger partial charge on any atom is -0.390 e. The molecule has 0 unspecified atom stereocenters. The maximum Gasteiger partial charge on any atom is 0.205 e. The fourth-order valence-corrected chi connectivity index (χ4v) is 7.89. The Morgan fingerprint density at radius 1 is 0.648 bits per heavy atom. The molecule has 0 saturated carbocycles. The summed E-state index contributed by atoms with van der Waals surface area (Å²) in [5.41, 5.74) is 9.68. The van der Waals surface area contributed by atoms with E-state index in [1.165, 1.54) is 33.6 Å². The topological polar surface area (TPSA) is 30.6 Å². The first-order valence-electron chi connectivity index (χ1n) is 18.5. The molecule has 0 aliphatic heterocycles. The van der Waals surface area contributed by atoms with Crippen LogP contribution in [0.4, 0.5) is 11.4 Å². The number of anilines is 2. The molecule has 1 heterocycles. The highest BCUT2D eigenvalue weighted by molar-refractivity contribution is 8.76. The van der Waals surface area contributed by atoms with E-state index in [2.05, 4.69) is 174 Å². The molecule has 4 aromatic carbocycles. The van der Waals surface area contributed by atoms with Crippen LogP contribution < -0.4 is 14.4 Å². The number of aromatic nitrogens is 1. The minimum absolute atomic E-state index is 0.117. The molecule has 4 nitrogen and oxygen atoms in total. The lowest BCUT2D eigenvalue weighted by Gasteiger charge is -2.26. The molecule has 5 rings (SSSR count). The zero-order valence-electron chi connectivity index (χ0n) is 31.3. The average molecular weight is 751 g/mol. The van der Waals surface area contributed by atoms with E-state index in [1.807, 2.05) is 52.1 Å². The van der Waals surface area contributed by atoms with Gasteiger partial charge < -0.3 is 14.9 Å². The van der Waals surface area contributed by atoms with Gasteiger partial charge in [0.2, 0.25) is 5.69 Å². The Morgan fingerprint density at radius 2 is 1.19 bits per heavy atom. The van der Waals surface area contributed by atoms with E-state index in [9.17, 15) is 5.11 Å². The lowest BCUT2D eigenvalue weighted by molar-refractivity contribution is -0.699. The number of aliphatic hydroxyl groups is 1. The van der Waals surface area contributed by atoms with Gasteiger partial charge in [0.15, 0.2) is 12.7 Å². The molecular formula is C48H52N3OS2+. The van der Waals surface area contributed by atoms with Crippen molar-refractivity contribution < 1.29 is 9.67 Å². The monoisotopic (exact) mass is 750 g/mol. The van der Waals surface area contributed by atoms with E-state index in [-0.39, 0.29) is 6.61 Å². The number of pyridine rings is 1. The normalized spacial score (nSPS) is 11.9. The van der Waals surface area contributed by atoms with Gasteiger partial charge in [-0.3, -0.25) is 0 Å². The minimum atomic E-state index is 0.117. The van der Waals surface area contributed by atoms with E-state index in [1.54, 1.807) is 6.08 Å². The van der Waals surface area contributed by atoms with Crippen molar-refractivity contribution >= 4 is 51.2 Å². The van der Waals surface area contributed by atoms with Gasteiger partial charge in [-0.2, -0.15) is 4.57 Å². The largest absolute Gasteiger partial charge is 0.390 e. The maximum absolute atomic E-state index is 9.43. The first-order valence-corrected chi connectivity index (χ1v) is 21.0. The Hall–Kier alpha value is -5.01. The van der Waals surface area contributed by atoms with E-state index in [0.29, 0.717) is 6.54 Å². The van der Waals surface area contributed by atoms with Gasteiger partial charge in [-0.05, 0) is 65.6 Å². The number of rotatable bonds is 21. The van der Waals surface area contributed by atoms with Crippen LogP contribution in [0.2, 0.25) is 0 Å². The molecule has 54 heavy (non-hydrogen) atoms. The third kappa shape index (κ3) is 13.8. The molecular weight excluding hydrogens is 699 g/mol. The van der Waals surface area contributed by atoms with Crippen molar-refractivity contribution in [3.8, 4) is 0 Å². The Morgan fingerprint density at radius 3 is 1.72 bits per heavy atom. The third-order valence-corrected chi connectivity index (χ3v) is 11.2. The number of hydrogen-bond donors (Lipinski definition) is 1. The molecule has 5 aromatic rings. The molecule has 0 radical (unpaired) electrons. The predicted octanol–water partition coefficient (Wildman–Crippen LogP) is 10.9. The number of benzene rings is 4. The first-order chi connectivity index (χ1) is 26.6. The van der Waals surface area contributed by atoms with Crippen LogP contribution in [0, 0.1) is 0 Å². The summed E-state index contributed by atoms with van der Waals surface area (Å²) in [6, 6.07) is 45.3. The molecule has 276 valence electrons. The van der Waals surface area contributed by atoms with Gasteiger partial charge in [0.25, 0.3) is 0 Å². The summed E-state index contributed by atoms with van der Waals surface area (Å²) in [4.78, 5) is 4.97. The third-order valence-electron chi connectivity index (χ3n) is 8.83. The first kappa shape index (κ1) is 40.2. The van der Waals surface area contributed by atoms with Crippen LogP contribution in [0.25, 0.3) is 18.2 Å². The number of aliphatic hydroxyl groups excluding tert-OH is 1. The van der Waals surface area contributed by atoms with Crippen LogP contribution >= 0.6 is 21.6 Å². The van der Waals surface area contributed by atoms with Crippen molar-refractivity contribution in [3.05, 3.63) is 204 Å². The maximum atomic E-state index is 9.43. The zero-order valence-corrected chi connectivity index (χ0v) is 32.9. The lowest BCUT2D eigenvalue weighted by Crippen LogP contribution is -2.38. The Labute approximate surface area is 331 Å². The molecule has 0 fully saturated rings. The predicted molar refractivity (Wildman–Crippen MR) is 238 cm³/mol. The van der Waals surface area contributed by atoms with Gasteiger partial charge >= 0.3 is 0 Å². The van der Waals surface area contributed by atoms with Gasteiger partial charge in [-0.25, -0.2) is 0 Å². The van der Waals surface area contributed by atoms with Gasteiger partial charge in [-0.15, -0.1) is 0 Å². The molecule has 0 saturated heterocycles. The fourth-order valence-electron chi connectivity index (χ4n) is 5.91. The Bertz CT molecular complexity index is 1950. The van der Waals surface area contributed by atoms with Crippen molar-refractivity contribution in [2.24, 2.45) is 0 Å². The van der Waals surface area contributed by atoms with Crippen molar-refractivity contribution in [1.29, 1.82) is 0 Å². The molecule has 1 N–H and O–H groups in total. The molecule has 0 amide bonds. The highest BCUT2D eigenvalue weighted by Crippen LogP contribution is 2.26. The van der Waals surface area contributed by atoms with E-state index < -0.39 is 0 Å². The van der Waals surface area contributed by atoms with Gasteiger partial charge in [-0.1, -0.05) is 155 Å². The smallest absolute Gasteiger partial charge is 0.205 e. The molecule has 6 heteroatoms. The number of nitrogens with zero attached hydrogens (tertiary/aromatic N) is 3. The van der Waals surface area contributed by atoms with Gasteiger partial charge in [0, 0.05) is 67.3 Å². The molecule has 1 aromatic heterocycles. The highest BCUT2D eigenvalue weighted by Gasteiger charge is 2.11.